The Balaban J connectivity index is 2.11. The van der Waals surface area contributed by atoms with Gasteiger partial charge < -0.3 is 10.4 Å². The first-order chi connectivity index (χ1) is 8.99. The number of carboxylic acid groups (broad SMARTS) is 1. The van der Waals surface area contributed by atoms with Crippen LogP contribution in [0.25, 0.3) is 0 Å². The van der Waals surface area contributed by atoms with Crippen LogP contribution in [0.3, 0.4) is 0 Å². The molecule has 0 aromatic heterocycles. The normalized spacial score (nSPS) is 22.3. The largest absolute Gasteiger partial charge is 0.481 e. The lowest BCUT2D eigenvalue weighted by atomic mass is 9.85. The summed E-state index contributed by atoms with van der Waals surface area (Å²) >= 11 is 0. The molecule has 5 heteroatoms. The van der Waals surface area contributed by atoms with E-state index >= 15 is 0 Å². The van der Waals surface area contributed by atoms with Crippen molar-refractivity contribution in [2.45, 2.75) is 37.6 Å². The Bertz CT molecular complexity index is 486. The minimum atomic E-state index is -0.875. The van der Waals surface area contributed by atoms with E-state index in [4.69, 9.17) is 5.11 Å². The Hall–Kier alpha value is -1.91. The number of carbonyl (C=O) groups excluding carboxylic acids is 1. The summed E-state index contributed by atoms with van der Waals surface area (Å²) in [5, 5.41) is 11.7. The summed E-state index contributed by atoms with van der Waals surface area (Å²) in [5.74, 6) is -1.23. The minimum Gasteiger partial charge on any atom is -0.481 e. The highest BCUT2D eigenvalue weighted by Crippen LogP contribution is 2.29. The highest BCUT2D eigenvalue weighted by molar-refractivity contribution is 5.79. The van der Waals surface area contributed by atoms with Gasteiger partial charge in [-0.05, 0) is 37.0 Å². The third kappa shape index (κ3) is 3.53. The van der Waals surface area contributed by atoms with Crippen molar-refractivity contribution in [1.29, 1.82) is 0 Å². The summed E-state index contributed by atoms with van der Waals surface area (Å²) in [6.07, 6.45) is 1.98. The van der Waals surface area contributed by atoms with Gasteiger partial charge in [0.25, 0.3) is 0 Å². The summed E-state index contributed by atoms with van der Waals surface area (Å²) in [7, 11) is 0. The predicted octanol–water partition coefficient (Wildman–Crippen LogP) is 1.88. The van der Waals surface area contributed by atoms with Gasteiger partial charge in [0.15, 0.2) is 0 Å². The number of rotatable bonds is 5. The number of aliphatic carboxylic acids is 1. The maximum absolute atomic E-state index is 12.9. The van der Waals surface area contributed by atoms with Crippen LogP contribution < -0.4 is 5.32 Å². The molecule has 0 aliphatic carbocycles. The molecule has 19 heavy (non-hydrogen) atoms. The predicted molar refractivity (Wildman–Crippen MR) is 67.1 cm³/mol. The molecule has 1 aliphatic heterocycles. The van der Waals surface area contributed by atoms with Gasteiger partial charge in [-0.15, -0.1) is 0 Å². The summed E-state index contributed by atoms with van der Waals surface area (Å²) in [5.41, 5.74) is 0.391. The molecule has 2 N–H and O–H groups in total. The van der Waals surface area contributed by atoms with Crippen LogP contribution >= 0.6 is 0 Å². The van der Waals surface area contributed by atoms with Gasteiger partial charge in [-0.2, -0.15) is 0 Å². The van der Waals surface area contributed by atoms with Crippen molar-refractivity contribution >= 4 is 11.9 Å². The van der Waals surface area contributed by atoms with E-state index in [0.29, 0.717) is 25.7 Å². The van der Waals surface area contributed by atoms with E-state index in [1.807, 2.05) is 0 Å². The maximum Gasteiger partial charge on any atom is 0.303 e. The smallest absolute Gasteiger partial charge is 0.303 e. The molecule has 0 saturated carbocycles. The third-order valence-electron chi connectivity index (χ3n) is 3.51. The van der Waals surface area contributed by atoms with Crippen LogP contribution in [-0.4, -0.2) is 22.5 Å². The summed E-state index contributed by atoms with van der Waals surface area (Å²) in [6, 6.07) is 6.08. The van der Waals surface area contributed by atoms with Crippen molar-refractivity contribution in [3.05, 3.63) is 35.6 Å². The first kappa shape index (κ1) is 13.5. The second-order valence-corrected chi connectivity index (χ2v) is 5.03. The van der Waals surface area contributed by atoms with Gasteiger partial charge in [0.2, 0.25) is 5.91 Å². The van der Waals surface area contributed by atoms with E-state index in [2.05, 4.69) is 5.32 Å². The molecule has 4 nitrogen and oxygen atoms in total. The molecule has 1 aromatic rings. The molecule has 1 heterocycles. The SMILES string of the molecule is O=C(O)CC[C@@]1(Cc2ccc(F)cc2)CCC(=O)N1. The lowest BCUT2D eigenvalue weighted by molar-refractivity contribution is -0.137. The zero-order valence-electron chi connectivity index (χ0n) is 10.5. The van der Waals surface area contributed by atoms with Crippen molar-refractivity contribution in [2.24, 2.45) is 0 Å². The number of amides is 1. The van der Waals surface area contributed by atoms with E-state index in [1.54, 1.807) is 12.1 Å². The standard InChI is InChI=1S/C14H16FNO3/c15-11-3-1-10(2-4-11)9-14(8-6-13(18)19)7-5-12(17)16-14/h1-4H,5-9H2,(H,16,17)(H,18,19)/t14-/m1/s1. The van der Waals surface area contributed by atoms with Gasteiger partial charge in [0.05, 0.1) is 0 Å². The van der Waals surface area contributed by atoms with Crippen molar-refractivity contribution in [3.8, 4) is 0 Å². The van der Waals surface area contributed by atoms with Gasteiger partial charge in [0.1, 0.15) is 5.82 Å². The molecule has 1 aromatic carbocycles. The van der Waals surface area contributed by atoms with E-state index in [0.717, 1.165) is 5.56 Å². The van der Waals surface area contributed by atoms with Crippen LogP contribution in [0.15, 0.2) is 24.3 Å². The zero-order valence-corrected chi connectivity index (χ0v) is 10.5. The fourth-order valence-corrected chi connectivity index (χ4v) is 2.52. The van der Waals surface area contributed by atoms with Crippen LogP contribution in [-0.2, 0) is 16.0 Å². The Morgan fingerprint density at radius 1 is 1.37 bits per heavy atom. The molecule has 0 unspecified atom stereocenters. The van der Waals surface area contributed by atoms with E-state index in [9.17, 15) is 14.0 Å². The van der Waals surface area contributed by atoms with Crippen LogP contribution in [0.1, 0.15) is 31.2 Å². The number of carboxylic acids is 1. The quantitative estimate of drug-likeness (QED) is 0.854. The third-order valence-corrected chi connectivity index (χ3v) is 3.51. The number of hydrogen-bond acceptors (Lipinski definition) is 2. The van der Waals surface area contributed by atoms with Gasteiger partial charge in [-0.3, -0.25) is 9.59 Å². The van der Waals surface area contributed by atoms with Crippen molar-refractivity contribution in [3.63, 3.8) is 0 Å². The van der Waals surface area contributed by atoms with Gasteiger partial charge in [-0.25, -0.2) is 4.39 Å². The fraction of sp³-hybridized carbons (Fsp3) is 0.429. The molecule has 102 valence electrons. The Kier molecular flexibility index (Phi) is 3.83. The molecule has 1 atom stereocenters. The first-order valence-electron chi connectivity index (χ1n) is 6.26. The van der Waals surface area contributed by atoms with Crippen molar-refractivity contribution < 1.29 is 19.1 Å². The van der Waals surface area contributed by atoms with Gasteiger partial charge in [-0.1, -0.05) is 12.1 Å². The average Bonchev–Trinajstić information content (AvgIpc) is 2.72. The molecule has 1 fully saturated rings. The van der Waals surface area contributed by atoms with Gasteiger partial charge >= 0.3 is 5.97 Å². The highest BCUT2D eigenvalue weighted by atomic mass is 19.1. The van der Waals surface area contributed by atoms with Crippen LogP contribution in [0.2, 0.25) is 0 Å². The monoisotopic (exact) mass is 265 g/mol. The Morgan fingerprint density at radius 2 is 2.05 bits per heavy atom. The van der Waals surface area contributed by atoms with Crippen LogP contribution in [0.5, 0.6) is 0 Å². The summed E-state index contributed by atoms with van der Waals surface area (Å²) in [4.78, 5) is 22.1. The number of nitrogens with one attached hydrogen (secondary N) is 1. The number of halogens is 1. The van der Waals surface area contributed by atoms with E-state index in [-0.39, 0.29) is 18.1 Å². The van der Waals surface area contributed by atoms with Crippen LogP contribution in [0.4, 0.5) is 4.39 Å². The fourth-order valence-electron chi connectivity index (χ4n) is 2.52. The molecule has 1 saturated heterocycles. The molecule has 0 radical (unpaired) electrons. The maximum atomic E-state index is 12.9. The zero-order chi connectivity index (χ0) is 13.9. The molecular formula is C14H16FNO3. The molecule has 1 amide bonds. The van der Waals surface area contributed by atoms with Crippen molar-refractivity contribution in [1.82, 2.24) is 5.32 Å². The topological polar surface area (TPSA) is 66.4 Å². The van der Waals surface area contributed by atoms with Crippen molar-refractivity contribution in [2.75, 3.05) is 0 Å². The minimum absolute atomic E-state index is 0.0154. The molecule has 2 rings (SSSR count). The lowest BCUT2D eigenvalue weighted by Crippen LogP contribution is -2.44. The molecule has 0 spiro atoms. The van der Waals surface area contributed by atoms with Gasteiger partial charge in [0, 0.05) is 18.4 Å². The molecular weight excluding hydrogens is 249 g/mol. The first-order valence-corrected chi connectivity index (χ1v) is 6.26. The Morgan fingerprint density at radius 3 is 2.58 bits per heavy atom. The highest BCUT2D eigenvalue weighted by Gasteiger charge is 2.37. The number of carbonyl (C=O) groups is 2. The average molecular weight is 265 g/mol. The van der Waals surface area contributed by atoms with E-state index < -0.39 is 11.5 Å². The lowest BCUT2D eigenvalue weighted by Gasteiger charge is -2.29. The second kappa shape index (κ2) is 5.38. The Labute approximate surface area is 110 Å². The van der Waals surface area contributed by atoms with Crippen LogP contribution in [0, 0.1) is 5.82 Å². The summed E-state index contributed by atoms with van der Waals surface area (Å²) in [6.45, 7) is 0. The number of benzene rings is 1. The molecule has 1 aliphatic rings. The second-order valence-electron chi connectivity index (χ2n) is 5.03. The summed E-state index contributed by atoms with van der Waals surface area (Å²) < 4.78 is 12.9. The molecule has 0 bridgehead atoms. The van der Waals surface area contributed by atoms with E-state index in [1.165, 1.54) is 12.1 Å². The number of hydrogen-bond donors (Lipinski definition) is 2.